The molecular weight excluding hydrogens is 186 g/mol. The first-order valence-corrected chi connectivity index (χ1v) is 4.87. The minimum Gasteiger partial charge on any atom is -0.445 e. The Kier molecular flexibility index (Phi) is 3.64. The third kappa shape index (κ3) is 2.64. The van der Waals surface area contributed by atoms with Crippen LogP contribution in [0, 0.1) is 12.3 Å². The number of carbonyl (C=O) groups is 1. The Hall–Kier alpha value is -0.660. The average molecular weight is 199 g/mol. The van der Waals surface area contributed by atoms with Crippen molar-refractivity contribution >= 4 is 18.6 Å². The molecule has 1 rings (SSSR count). The maximum atomic E-state index is 11.0. The summed E-state index contributed by atoms with van der Waals surface area (Å²) >= 11 is 3.83. The van der Waals surface area contributed by atoms with E-state index in [1.165, 1.54) is 0 Å². The van der Waals surface area contributed by atoms with Crippen LogP contribution in [-0.2, 0) is 9.53 Å². The van der Waals surface area contributed by atoms with Crippen molar-refractivity contribution in [3.8, 4) is 12.3 Å². The fourth-order valence-electron chi connectivity index (χ4n) is 1.36. The van der Waals surface area contributed by atoms with Crippen LogP contribution in [-0.4, -0.2) is 30.4 Å². The Balaban J connectivity index is 2.59. The highest BCUT2D eigenvalue weighted by Crippen LogP contribution is 2.22. The zero-order chi connectivity index (χ0) is 9.73. The molecule has 0 aromatic carbocycles. The summed E-state index contributed by atoms with van der Waals surface area (Å²) in [5, 5.41) is 3.16. The number of hydrogen-bond donors (Lipinski definition) is 2. The Morgan fingerprint density at radius 3 is 2.69 bits per heavy atom. The predicted molar refractivity (Wildman–Crippen MR) is 53.6 cm³/mol. The summed E-state index contributed by atoms with van der Waals surface area (Å²) in [7, 11) is 0. The summed E-state index contributed by atoms with van der Waals surface area (Å²) in [4.78, 5) is 11.0. The molecule has 0 atom stereocenters. The average Bonchev–Trinajstić information content (AvgIpc) is 2.19. The molecule has 0 amide bonds. The molecule has 0 saturated carbocycles. The van der Waals surface area contributed by atoms with Crippen LogP contribution in [0.5, 0.6) is 0 Å². The van der Waals surface area contributed by atoms with Crippen LogP contribution in [0.25, 0.3) is 0 Å². The smallest absolute Gasteiger partial charge is 0.317 e. The monoisotopic (exact) mass is 199 g/mol. The molecule has 1 fully saturated rings. The Labute approximate surface area is 83.6 Å². The van der Waals surface area contributed by atoms with Crippen molar-refractivity contribution in [1.29, 1.82) is 0 Å². The van der Waals surface area contributed by atoms with Crippen molar-refractivity contribution in [2.45, 2.75) is 18.4 Å². The van der Waals surface area contributed by atoms with E-state index in [0.717, 1.165) is 13.1 Å². The van der Waals surface area contributed by atoms with Crippen molar-refractivity contribution in [3.63, 3.8) is 0 Å². The van der Waals surface area contributed by atoms with Crippen molar-refractivity contribution in [2.75, 3.05) is 18.8 Å². The molecule has 0 aromatic heterocycles. The van der Waals surface area contributed by atoms with Crippen LogP contribution in [0.4, 0.5) is 0 Å². The van der Waals surface area contributed by atoms with Gasteiger partial charge in [-0.3, -0.25) is 4.79 Å². The second-order valence-electron chi connectivity index (χ2n) is 3.02. The van der Waals surface area contributed by atoms with Gasteiger partial charge in [-0.15, -0.1) is 6.42 Å². The van der Waals surface area contributed by atoms with Crippen LogP contribution in [0.2, 0.25) is 0 Å². The van der Waals surface area contributed by atoms with Gasteiger partial charge in [-0.05, 0) is 13.1 Å². The number of rotatable bonds is 2. The topological polar surface area (TPSA) is 38.3 Å². The second kappa shape index (κ2) is 4.54. The van der Waals surface area contributed by atoms with Gasteiger partial charge in [-0.1, -0.05) is 5.92 Å². The molecular formula is C9H13NO2S. The van der Waals surface area contributed by atoms with Gasteiger partial charge in [0.05, 0.1) is 5.75 Å². The van der Waals surface area contributed by atoms with Crippen LogP contribution >= 0.6 is 12.6 Å². The number of piperidine rings is 1. The van der Waals surface area contributed by atoms with E-state index in [0.29, 0.717) is 12.8 Å². The summed E-state index contributed by atoms with van der Waals surface area (Å²) in [5.41, 5.74) is -0.689. The van der Waals surface area contributed by atoms with Gasteiger partial charge in [0.25, 0.3) is 0 Å². The summed E-state index contributed by atoms with van der Waals surface area (Å²) < 4.78 is 5.19. The van der Waals surface area contributed by atoms with Gasteiger partial charge >= 0.3 is 5.97 Å². The van der Waals surface area contributed by atoms with Gasteiger partial charge in [-0.2, -0.15) is 12.6 Å². The number of hydrogen-bond acceptors (Lipinski definition) is 4. The van der Waals surface area contributed by atoms with E-state index in [-0.39, 0.29) is 11.7 Å². The summed E-state index contributed by atoms with van der Waals surface area (Å²) in [6, 6.07) is 0. The first kappa shape index (κ1) is 10.4. The van der Waals surface area contributed by atoms with Gasteiger partial charge in [0.1, 0.15) is 0 Å². The Morgan fingerprint density at radius 2 is 2.23 bits per heavy atom. The number of thiol groups is 1. The molecule has 1 heterocycles. The van der Waals surface area contributed by atoms with Crippen LogP contribution in [0.1, 0.15) is 12.8 Å². The van der Waals surface area contributed by atoms with Crippen molar-refractivity contribution in [3.05, 3.63) is 0 Å². The van der Waals surface area contributed by atoms with Gasteiger partial charge in [0, 0.05) is 12.8 Å². The molecule has 0 radical (unpaired) electrons. The van der Waals surface area contributed by atoms with Crippen LogP contribution in [0.15, 0.2) is 0 Å². The second-order valence-corrected chi connectivity index (χ2v) is 3.34. The van der Waals surface area contributed by atoms with E-state index >= 15 is 0 Å². The lowest BCUT2D eigenvalue weighted by Gasteiger charge is -2.32. The van der Waals surface area contributed by atoms with Crippen LogP contribution < -0.4 is 5.32 Å². The van der Waals surface area contributed by atoms with E-state index in [2.05, 4.69) is 23.9 Å². The molecule has 0 aliphatic carbocycles. The van der Waals surface area contributed by atoms with Gasteiger partial charge in [-0.25, -0.2) is 0 Å². The zero-order valence-electron chi connectivity index (χ0n) is 7.38. The molecule has 3 nitrogen and oxygen atoms in total. The van der Waals surface area contributed by atoms with E-state index in [4.69, 9.17) is 11.2 Å². The number of carbonyl (C=O) groups excluding carboxylic acids is 1. The lowest BCUT2D eigenvalue weighted by atomic mass is 9.93. The predicted octanol–water partition coefficient (Wildman–Crippen LogP) is 0.215. The summed E-state index contributed by atoms with van der Waals surface area (Å²) in [6.07, 6.45) is 6.73. The molecule has 13 heavy (non-hydrogen) atoms. The minimum absolute atomic E-state index is 0.0802. The highest BCUT2D eigenvalue weighted by atomic mass is 32.1. The van der Waals surface area contributed by atoms with Gasteiger partial charge < -0.3 is 10.1 Å². The number of terminal acetylenes is 1. The third-order valence-corrected chi connectivity index (χ3v) is 2.37. The normalized spacial score (nSPS) is 20.3. The lowest BCUT2D eigenvalue weighted by Crippen LogP contribution is -2.44. The molecule has 0 aromatic rings. The molecule has 0 spiro atoms. The minimum atomic E-state index is -0.689. The van der Waals surface area contributed by atoms with Crippen molar-refractivity contribution < 1.29 is 9.53 Å². The zero-order valence-corrected chi connectivity index (χ0v) is 8.27. The first-order valence-electron chi connectivity index (χ1n) is 4.24. The third-order valence-electron chi connectivity index (χ3n) is 2.11. The van der Waals surface area contributed by atoms with E-state index in [1.54, 1.807) is 0 Å². The maximum Gasteiger partial charge on any atom is 0.317 e. The van der Waals surface area contributed by atoms with E-state index in [9.17, 15) is 4.79 Å². The standard InChI is InChI=1S/C9H13NO2S/c1-2-9(12-8(11)7-13)3-5-10-6-4-9/h1,10,13H,3-7H2. The summed E-state index contributed by atoms with van der Waals surface area (Å²) in [5.74, 6) is 2.30. The van der Waals surface area contributed by atoms with Crippen molar-refractivity contribution in [2.24, 2.45) is 0 Å². The number of ether oxygens (including phenoxy) is 1. The van der Waals surface area contributed by atoms with Crippen LogP contribution in [0.3, 0.4) is 0 Å². The quantitative estimate of drug-likeness (QED) is 0.379. The maximum absolute atomic E-state index is 11.0. The highest BCUT2D eigenvalue weighted by molar-refractivity contribution is 7.81. The summed E-state index contributed by atoms with van der Waals surface area (Å²) in [6.45, 7) is 1.59. The van der Waals surface area contributed by atoms with Crippen molar-refractivity contribution in [1.82, 2.24) is 5.32 Å². The molecule has 4 heteroatoms. The Bertz CT molecular complexity index is 228. The largest absolute Gasteiger partial charge is 0.445 e. The molecule has 1 saturated heterocycles. The fraction of sp³-hybridized carbons (Fsp3) is 0.667. The molecule has 72 valence electrons. The molecule has 1 N–H and O–H groups in total. The van der Waals surface area contributed by atoms with Gasteiger partial charge in [0.15, 0.2) is 5.60 Å². The molecule has 1 aliphatic heterocycles. The highest BCUT2D eigenvalue weighted by Gasteiger charge is 2.33. The first-order chi connectivity index (χ1) is 6.22. The molecule has 1 aliphatic rings. The Morgan fingerprint density at radius 1 is 1.62 bits per heavy atom. The number of nitrogens with one attached hydrogen (secondary N) is 1. The fourth-order valence-corrected chi connectivity index (χ4v) is 1.42. The lowest BCUT2D eigenvalue weighted by molar-refractivity contribution is -0.152. The van der Waals surface area contributed by atoms with E-state index < -0.39 is 5.60 Å². The van der Waals surface area contributed by atoms with Gasteiger partial charge in [0.2, 0.25) is 0 Å². The SMILES string of the molecule is C#CC1(OC(=O)CS)CCNCC1. The molecule has 0 unspecified atom stereocenters. The number of esters is 1. The van der Waals surface area contributed by atoms with E-state index in [1.807, 2.05) is 0 Å². The molecule has 0 bridgehead atoms.